The molecule has 39 heavy (non-hydrogen) atoms. The molecule has 0 fully saturated rings. The van der Waals surface area contributed by atoms with Crippen LogP contribution in [0.4, 0.5) is 0 Å². The SMILES string of the molecule is Cl.Cl.Cl.NCCC[C@@H]1NC(=O)[C@@H](N)Cc2cc(ccc2O)-c2ccc(O)c(c2)C[C@@H](C(=O)NCCN)NC1=O. The largest absolute Gasteiger partial charge is 0.508 e. The molecule has 3 rings (SSSR count). The van der Waals surface area contributed by atoms with Gasteiger partial charge in [-0.3, -0.25) is 14.4 Å². The van der Waals surface area contributed by atoms with E-state index in [1.54, 1.807) is 24.3 Å². The minimum atomic E-state index is -1.04. The average molecular weight is 608 g/mol. The summed E-state index contributed by atoms with van der Waals surface area (Å²) < 4.78 is 0. The number of aromatic hydroxyl groups is 2. The van der Waals surface area contributed by atoms with Crippen LogP contribution in [-0.4, -0.2) is 65.7 Å². The van der Waals surface area contributed by atoms with E-state index in [4.69, 9.17) is 17.2 Å². The zero-order valence-corrected chi connectivity index (χ0v) is 23.7. The Morgan fingerprint density at radius 1 is 0.872 bits per heavy atom. The highest BCUT2D eigenvalue weighted by Gasteiger charge is 2.29. The lowest BCUT2D eigenvalue weighted by atomic mass is 9.95. The second-order valence-corrected chi connectivity index (χ2v) is 8.83. The van der Waals surface area contributed by atoms with E-state index in [9.17, 15) is 24.6 Å². The molecule has 1 heterocycles. The highest BCUT2D eigenvalue weighted by atomic mass is 35.5. The van der Waals surface area contributed by atoms with Gasteiger partial charge in [0.2, 0.25) is 17.7 Å². The van der Waals surface area contributed by atoms with Crippen LogP contribution in [-0.2, 0) is 27.2 Å². The summed E-state index contributed by atoms with van der Waals surface area (Å²) in [5, 5.41) is 28.9. The number of carbonyl (C=O) groups is 3. The van der Waals surface area contributed by atoms with Crippen molar-refractivity contribution in [3.05, 3.63) is 47.5 Å². The number of halogens is 3. The molecule has 2 aromatic rings. The van der Waals surface area contributed by atoms with Gasteiger partial charge in [0.15, 0.2) is 0 Å². The fourth-order valence-electron chi connectivity index (χ4n) is 4.08. The maximum Gasteiger partial charge on any atom is 0.243 e. The number of rotatable bonds is 6. The van der Waals surface area contributed by atoms with Crippen LogP contribution in [0.1, 0.15) is 24.0 Å². The first-order valence-corrected chi connectivity index (χ1v) is 11.9. The number of nitrogens with two attached hydrogens (primary N) is 3. The quantitative estimate of drug-likeness (QED) is 0.228. The lowest BCUT2D eigenvalue weighted by Gasteiger charge is -2.24. The maximum atomic E-state index is 13.2. The van der Waals surface area contributed by atoms with Gasteiger partial charge in [-0.05, 0) is 65.9 Å². The molecule has 4 bridgehead atoms. The Bertz CT molecular complexity index is 1120. The number of hydrogen-bond acceptors (Lipinski definition) is 8. The van der Waals surface area contributed by atoms with Crippen LogP contribution >= 0.6 is 37.2 Å². The number of amides is 3. The molecule has 1 aliphatic rings. The second-order valence-electron chi connectivity index (χ2n) is 8.83. The number of benzene rings is 2. The van der Waals surface area contributed by atoms with Gasteiger partial charge in [0.1, 0.15) is 23.6 Å². The minimum absolute atomic E-state index is 0. The first-order valence-electron chi connectivity index (χ1n) is 11.9. The van der Waals surface area contributed by atoms with Crippen LogP contribution in [0.15, 0.2) is 36.4 Å². The summed E-state index contributed by atoms with van der Waals surface area (Å²) in [5.41, 5.74) is 19.6. The number of carbonyl (C=O) groups excluding carboxylic acids is 3. The molecule has 11 N–H and O–H groups in total. The van der Waals surface area contributed by atoms with Gasteiger partial charge in [0.25, 0.3) is 0 Å². The Morgan fingerprint density at radius 2 is 1.44 bits per heavy atom. The van der Waals surface area contributed by atoms with Crippen molar-refractivity contribution in [3.63, 3.8) is 0 Å². The van der Waals surface area contributed by atoms with Crippen molar-refractivity contribution in [3.8, 4) is 22.6 Å². The van der Waals surface area contributed by atoms with Gasteiger partial charge in [-0.15, -0.1) is 37.2 Å². The molecule has 14 heteroatoms. The first-order chi connectivity index (χ1) is 17.2. The first kappa shape index (κ1) is 36.2. The second kappa shape index (κ2) is 17.0. The van der Waals surface area contributed by atoms with E-state index in [-0.39, 0.29) is 81.1 Å². The summed E-state index contributed by atoms with van der Waals surface area (Å²) in [4.78, 5) is 39.0. The molecule has 1 aliphatic heterocycles. The van der Waals surface area contributed by atoms with Crippen molar-refractivity contribution in [2.24, 2.45) is 17.2 Å². The van der Waals surface area contributed by atoms with Crippen LogP contribution in [0.2, 0.25) is 0 Å². The van der Waals surface area contributed by atoms with E-state index in [1.807, 2.05) is 0 Å². The summed E-state index contributed by atoms with van der Waals surface area (Å²) in [6, 6.07) is 6.79. The standard InChI is InChI=1S/C25H34N6O5.3ClH/c26-7-1-2-19-25(36)31-20(24(35)29-9-8-27)13-17-11-15(4-6-22(17)33)14-3-5-21(32)16(10-14)12-18(28)23(34)30-19;;;/h3-6,10-11,18-20,32-33H,1-2,7-9,12-13,26-28H2,(H,29,35)(H,30,34)(H,31,36);3*1H/t18-,19-,20-;;;/m0.../s1. The molecule has 0 aliphatic carbocycles. The normalized spacial score (nSPS) is 18.9. The van der Waals surface area contributed by atoms with E-state index in [0.29, 0.717) is 29.7 Å². The molecule has 11 nitrogen and oxygen atoms in total. The van der Waals surface area contributed by atoms with Gasteiger partial charge in [0.05, 0.1) is 6.04 Å². The van der Waals surface area contributed by atoms with Crippen LogP contribution in [0.25, 0.3) is 11.1 Å². The lowest BCUT2D eigenvalue weighted by Crippen LogP contribution is -2.56. The van der Waals surface area contributed by atoms with Crippen molar-refractivity contribution in [1.82, 2.24) is 16.0 Å². The summed E-state index contributed by atoms with van der Waals surface area (Å²) in [5.74, 6) is -1.68. The van der Waals surface area contributed by atoms with E-state index >= 15 is 0 Å². The van der Waals surface area contributed by atoms with Gasteiger partial charge in [-0.1, -0.05) is 12.1 Å². The molecule has 0 saturated heterocycles. The zero-order valence-electron chi connectivity index (χ0n) is 21.2. The molecule has 2 aromatic carbocycles. The monoisotopic (exact) mass is 606 g/mol. The van der Waals surface area contributed by atoms with E-state index in [1.165, 1.54) is 12.1 Å². The molecule has 0 unspecified atom stereocenters. The van der Waals surface area contributed by atoms with Gasteiger partial charge in [-0.2, -0.15) is 0 Å². The van der Waals surface area contributed by atoms with Gasteiger partial charge in [-0.25, -0.2) is 0 Å². The third kappa shape index (κ3) is 9.71. The van der Waals surface area contributed by atoms with Crippen molar-refractivity contribution in [1.29, 1.82) is 0 Å². The fourth-order valence-corrected chi connectivity index (χ4v) is 4.08. The Morgan fingerprint density at radius 3 is 1.97 bits per heavy atom. The van der Waals surface area contributed by atoms with Crippen molar-refractivity contribution in [2.75, 3.05) is 19.6 Å². The number of phenolic OH excluding ortho intramolecular Hbond substituents is 2. The highest BCUT2D eigenvalue weighted by molar-refractivity contribution is 5.93. The van der Waals surface area contributed by atoms with Crippen LogP contribution < -0.4 is 33.2 Å². The van der Waals surface area contributed by atoms with Crippen LogP contribution in [0.3, 0.4) is 0 Å². The number of phenols is 2. The van der Waals surface area contributed by atoms with Crippen molar-refractivity contribution >= 4 is 54.9 Å². The predicted molar refractivity (Wildman–Crippen MR) is 157 cm³/mol. The Kier molecular flexibility index (Phi) is 15.8. The Hall–Kier alpha value is -2.80. The average Bonchev–Trinajstić information content (AvgIpc) is 2.86. The highest BCUT2D eigenvalue weighted by Crippen LogP contribution is 2.30. The maximum absolute atomic E-state index is 13.2. The summed E-state index contributed by atoms with van der Waals surface area (Å²) >= 11 is 0. The van der Waals surface area contributed by atoms with Gasteiger partial charge < -0.3 is 43.4 Å². The molecular formula is C25H37Cl3N6O5. The molecule has 0 aromatic heterocycles. The van der Waals surface area contributed by atoms with Gasteiger partial charge in [0, 0.05) is 25.9 Å². The number of fused-ring (bicyclic) bond motifs is 5. The van der Waals surface area contributed by atoms with Crippen LogP contribution in [0.5, 0.6) is 11.5 Å². The topological polar surface area (TPSA) is 206 Å². The van der Waals surface area contributed by atoms with Gasteiger partial charge >= 0.3 is 0 Å². The fraction of sp³-hybridized carbons (Fsp3) is 0.400. The van der Waals surface area contributed by atoms with E-state index < -0.39 is 35.8 Å². The summed E-state index contributed by atoms with van der Waals surface area (Å²) in [7, 11) is 0. The summed E-state index contributed by atoms with van der Waals surface area (Å²) in [6.07, 6.45) is 0.707. The van der Waals surface area contributed by atoms with E-state index in [0.717, 1.165) is 5.56 Å². The molecular weight excluding hydrogens is 571 g/mol. The third-order valence-corrected chi connectivity index (χ3v) is 6.10. The lowest BCUT2D eigenvalue weighted by molar-refractivity contribution is -0.132. The number of hydrogen-bond donors (Lipinski definition) is 8. The molecule has 0 saturated carbocycles. The summed E-state index contributed by atoms with van der Waals surface area (Å²) in [6.45, 7) is 0.715. The Labute approximate surface area is 245 Å². The molecule has 3 atom stereocenters. The van der Waals surface area contributed by atoms with Crippen molar-refractivity contribution < 1.29 is 24.6 Å². The van der Waals surface area contributed by atoms with Crippen LogP contribution in [0, 0.1) is 0 Å². The van der Waals surface area contributed by atoms with E-state index in [2.05, 4.69) is 16.0 Å². The smallest absolute Gasteiger partial charge is 0.243 e. The predicted octanol–water partition coefficient (Wildman–Crippen LogP) is 0.240. The minimum Gasteiger partial charge on any atom is -0.508 e. The van der Waals surface area contributed by atoms with Crippen molar-refractivity contribution in [2.45, 2.75) is 43.8 Å². The Balaban J connectivity index is 0.00000481. The molecule has 0 radical (unpaired) electrons. The zero-order chi connectivity index (χ0) is 26.2. The molecule has 0 spiro atoms. The number of nitrogens with one attached hydrogen (secondary N) is 3. The third-order valence-electron chi connectivity index (χ3n) is 6.10. The molecule has 218 valence electrons. The molecule has 3 amide bonds.